The van der Waals surface area contributed by atoms with Crippen LogP contribution in [0.5, 0.6) is 0 Å². The molecule has 0 atom stereocenters. The third-order valence-electron chi connectivity index (χ3n) is 2.12. The first-order valence-corrected chi connectivity index (χ1v) is 5.58. The van der Waals surface area contributed by atoms with Gasteiger partial charge in [0.1, 0.15) is 11.9 Å². The lowest BCUT2D eigenvalue weighted by Crippen LogP contribution is -2.10. The summed E-state index contributed by atoms with van der Waals surface area (Å²) in [5.74, 6) is -1.05. The Hall–Kier alpha value is -1.60. The smallest absolute Gasteiger partial charge is 0.310 e. The van der Waals surface area contributed by atoms with Gasteiger partial charge in [-0.05, 0) is 18.6 Å². The first-order chi connectivity index (χ1) is 8.12. The highest BCUT2D eigenvalue weighted by atomic mass is 35.5. The molecule has 0 N–H and O–H groups in total. The van der Waals surface area contributed by atoms with Crippen LogP contribution in [-0.2, 0) is 21.8 Å². The molecule has 17 heavy (non-hydrogen) atoms. The largest absolute Gasteiger partial charge is 0.466 e. The molecule has 0 radical (unpaired) electrons. The molecule has 1 aromatic carbocycles. The van der Waals surface area contributed by atoms with Crippen LogP contribution < -0.4 is 0 Å². The molecule has 1 aromatic rings. The fraction of sp³-hybridized carbons (Fsp3) is 0.333. The summed E-state index contributed by atoms with van der Waals surface area (Å²) in [7, 11) is 0. The van der Waals surface area contributed by atoms with E-state index in [1.165, 1.54) is 12.1 Å². The predicted molar refractivity (Wildman–Crippen MR) is 61.0 cm³/mol. The average Bonchev–Trinajstić information content (AvgIpc) is 2.32. The van der Waals surface area contributed by atoms with Gasteiger partial charge in [-0.3, -0.25) is 4.79 Å². The molecule has 3 nitrogen and oxygen atoms in total. The fourth-order valence-electron chi connectivity index (χ4n) is 1.41. The first kappa shape index (κ1) is 13.5. The van der Waals surface area contributed by atoms with Gasteiger partial charge in [-0.25, -0.2) is 4.39 Å². The molecule has 0 amide bonds. The molecule has 0 fully saturated rings. The molecule has 1 rings (SSSR count). The monoisotopic (exact) mass is 255 g/mol. The molecule has 0 bridgehead atoms. The maximum absolute atomic E-state index is 13.7. The summed E-state index contributed by atoms with van der Waals surface area (Å²) < 4.78 is 18.4. The molecule has 0 aliphatic rings. The van der Waals surface area contributed by atoms with Crippen LogP contribution in [0.1, 0.15) is 23.6 Å². The number of carbonyl (C=O) groups is 1. The highest BCUT2D eigenvalue weighted by Crippen LogP contribution is 2.18. The number of rotatable bonds is 4. The number of hydrogen-bond acceptors (Lipinski definition) is 3. The first-order valence-electron chi connectivity index (χ1n) is 5.05. The minimum atomic E-state index is -0.686. The van der Waals surface area contributed by atoms with E-state index in [9.17, 15) is 9.18 Å². The van der Waals surface area contributed by atoms with Gasteiger partial charge in [-0.1, -0.05) is 6.07 Å². The Kier molecular flexibility index (Phi) is 4.92. The van der Waals surface area contributed by atoms with Crippen molar-refractivity contribution in [3.05, 3.63) is 34.6 Å². The molecule has 0 saturated carbocycles. The van der Waals surface area contributed by atoms with Crippen molar-refractivity contribution in [1.82, 2.24) is 0 Å². The van der Waals surface area contributed by atoms with Gasteiger partial charge in [0.15, 0.2) is 0 Å². The molecule has 0 aliphatic carbocycles. The second-order valence-electron chi connectivity index (χ2n) is 3.34. The van der Waals surface area contributed by atoms with Crippen molar-refractivity contribution in [3.8, 4) is 6.07 Å². The zero-order chi connectivity index (χ0) is 12.8. The van der Waals surface area contributed by atoms with E-state index in [1.807, 2.05) is 0 Å². The van der Waals surface area contributed by atoms with Crippen molar-refractivity contribution < 1.29 is 13.9 Å². The topological polar surface area (TPSA) is 50.1 Å². The summed E-state index contributed by atoms with van der Waals surface area (Å²) in [5.41, 5.74) is 0.629. The minimum absolute atomic E-state index is 0.109. The van der Waals surface area contributed by atoms with Crippen molar-refractivity contribution in [2.45, 2.75) is 19.2 Å². The second kappa shape index (κ2) is 6.21. The molecule has 5 heteroatoms. The van der Waals surface area contributed by atoms with Gasteiger partial charge in [0.2, 0.25) is 0 Å². The molecule has 0 aliphatic heterocycles. The standard InChI is InChI=1S/C12H11ClFNO2/c1-2-17-11(16)5-9-3-8(6-13)4-10(7-15)12(9)14/h3-4H,2,5-6H2,1H3. The van der Waals surface area contributed by atoms with Gasteiger partial charge in [-0.15, -0.1) is 11.6 Å². The molecule has 90 valence electrons. The van der Waals surface area contributed by atoms with Crippen molar-refractivity contribution >= 4 is 17.6 Å². The number of ether oxygens (including phenoxy) is 1. The highest BCUT2D eigenvalue weighted by molar-refractivity contribution is 6.17. The zero-order valence-corrected chi connectivity index (χ0v) is 10.1. The number of halogens is 2. The molecule has 0 saturated heterocycles. The normalized spacial score (nSPS) is 9.76. The predicted octanol–water partition coefficient (Wildman–Crippen LogP) is 2.54. The second-order valence-corrected chi connectivity index (χ2v) is 3.61. The van der Waals surface area contributed by atoms with E-state index in [0.717, 1.165) is 0 Å². The lowest BCUT2D eigenvalue weighted by Gasteiger charge is -2.06. The van der Waals surface area contributed by atoms with Crippen LogP contribution in [0.25, 0.3) is 0 Å². The van der Waals surface area contributed by atoms with Crippen molar-refractivity contribution in [2.24, 2.45) is 0 Å². The lowest BCUT2D eigenvalue weighted by atomic mass is 10.0. The Balaban J connectivity index is 3.06. The van der Waals surface area contributed by atoms with Crippen LogP contribution in [0, 0.1) is 17.1 Å². The lowest BCUT2D eigenvalue weighted by molar-refractivity contribution is -0.142. The molecular weight excluding hydrogens is 245 g/mol. The Morgan fingerprint density at radius 1 is 1.59 bits per heavy atom. The van der Waals surface area contributed by atoms with Crippen molar-refractivity contribution in [2.75, 3.05) is 6.61 Å². The minimum Gasteiger partial charge on any atom is -0.466 e. The van der Waals surface area contributed by atoms with E-state index >= 15 is 0 Å². The van der Waals surface area contributed by atoms with E-state index in [0.29, 0.717) is 5.56 Å². The van der Waals surface area contributed by atoms with E-state index in [4.69, 9.17) is 21.6 Å². The summed E-state index contributed by atoms with van der Waals surface area (Å²) in [4.78, 5) is 11.3. The third-order valence-corrected chi connectivity index (χ3v) is 2.43. The van der Waals surface area contributed by atoms with Gasteiger partial charge in [-0.2, -0.15) is 5.26 Å². The zero-order valence-electron chi connectivity index (χ0n) is 9.30. The van der Waals surface area contributed by atoms with Crippen LogP contribution in [0.3, 0.4) is 0 Å². The Labute approximate surface area is 104 Å². The summed E-state index contributed by atoms with van der Waals surface area (Å²) in [6.07, 6.45) is -0.195. The van der Waals surface area contributed by atoms with Gasteiger partial charge >= 0.3 is 5.97 Å². The van der Waals surface area contributed by atoms with Gasteiger partial charge in [0.05, 0.1) is 18.6 Å². The Bertz CT molecular complexity index is 468. The van der Waals surface area contributed by atoms with Gasteiger partial charge < -0.3 is 4.74 Å². The highest BCUT2D eigenvalue weighted by Gasteiger charge is 2.14. The number of nitrogens with zero attached hydrogens (tertiary/aromatic N) is 1. The fourth-order valence-corrected chi connectivity index (χ4v) is 1.56. The van der Waals surface area contributed by atoms with Crippen LogP contribution >= 0.6 is 11.6 Å². The average molecular weight is 256 g/mol. The SMILES string of the molecule is CCOC(=O)Cc1cc(CCl)cc(C#N)c1F. The maximum atomic E-state index is 13.7. The maximum Gasteiger partial charge on any atom is 0.310 e. The third kappa shape index (κ3) is 3.43. The number of carbonyl (C=O) groups excluding carboxylic acids is 1. The van der Waals surface area contributed by atoms with Crippen LogP contribution in [-0.4, -0.2) is 12.6 Å². The van der Waals surface area contributed by atoms with Gasteiger partial charge in [0.25, 0.3) is 0 Å². The summed E-state index contributed by atoms with van der Waals surface area (Å²) >= 11 is 5.63. The molecule has 0 unspecified atom stereocenters. The summed E-state index contributed by atoms with van der Waals surface area (Å²) in [6, 6.07) is 4.57. The van der Waals surface area contributed by atoms with E-state index in [2.05, 4.69) is 0 Å². The van der Waals surface area contributed by atoms with E-state index < -0.39 is 11.8 Å². The number of benzene rings is 1. The number of nitriles is 1. The van der Waals surface area contributed by atoms with Crippen molar-refractivity contribution in [3.63, 3.8) is 0 Å². The number of hydrogen-bond donors (Lipinski definition) is 0. The van der Waals surface area contributed by atoms with Crippen LogP contribution in [0.15, 0.2) is 12.1 Å². The molecule has 0 aromatic heterocycles. The Morgan fingerprint density at radius 2 is 2.29 bits per heavy atom. The van der Waals surface area contributed by atoms with Crippen LogP contribution in [0.4, 0.5) is 4.39 Å². The van der Waals surface area contributed by atoms with E-state index in [-0.39, 0.29) is 30.0 Å². The Morgan fingerprint density at radius 3 is 2.82 bits per heavy atom. The number of esters is 1. The quantitative estimate of drug-likeness (QED) is 0.614. The summed E-state index contributed by atoms with van der Waals surface area (Å²) in [5, 5.41) is 8.75. The van der Waals surface area contributed by atoms with Crippen LogP contribution in [0.2, 0.25) is 0 Å². The molecule has 0 heterocycles. The van der Waals surface area contributed by atoms with Crippen molar-refractivity contribution in [1.29, 1.82) is 5.26 Å². The summed E-state index contributed by atoms with van der Waals surface area (Å²) in [6.45, 7) is 1.91. The number of alkyl halides is 1. The molecule has 0 spiro atoms. The molecular formula is C12H11ClFNO2. The van der Waals surface area contributed by atoms with E-state index in [1.54, 1.807) is 13.0 Å². The van der Waals surface area contributed by atoms with Gasteiger partial charge in [0, 0.05) is 11.4 Å².